The SMILES string of the molecule is CC(C)S(=O)(=O)CCC1CN(C(=O)OC(C)(C)C)CCC1O. The van der Waals surface area contributed by atoms with Crippen molar-refractivity contribution in [3.8, 4) is 0 Å². The molecule has 1 amide bonds. The topological polar surface area (TPSA) is 83.9 Å². The van der Waals surface area contributed by atoms with Gasteiger partial charge in [-0.15, -0.1) is 0 Å². The molecule has 2 unspecified atom stereocenters. The molecule has 0 radical (unpaired) electrons. The van der Waals surface area contributed by atoms with Crippen LogP contribution in [-0.2, 0) is 14.6 Å². The molecule has 0 bridgehead atoms. The smallest absolute Gasteiger partial charge is 0.410 e. The summed E-state index contributed by atoms with van der Waals surface area (Å²) in [5.41, 5.74) is -0.566. The summed E-state index contributed by atoms with van der Waals surface area (Å²) >= 11 is 0. The lowest BCUT2D eigenvalue weighted by atomic mass is 9.92. The number of hydrogen-bond donors (Lipinski definition) is 1. The molecular formula is C15H29NO5S. The first-order valence-corrected chi connectivity index (χ1v) is 9.51. The lowest BCUT2D eigenvalue weighted by molar-refractivity contribution is -0.00880. The predicted molar refractivity (Wildman–Crippen MR) is 85.5 cm³/mol. The van der Waals surface area contributed by atoms with Gasteiger partial charge in [0, 0.05) is 19.0 Å². The van der Waals surface area contributed by atoms with E-state index < -0.39 is 32.9 Å². The maximum Gasteiger partial charge on any atom is 0.410 e. The van der Waals surface area contributed by atoms with Crippen molar-refractivity contribution < 1.29 is 23.1 Å². The summed E-state index contributed by atoms with van der Waals surface area (Å²) in [7, 11) is -3.13. The van der Waals surface area contributed by atoms with Crippen molar-refractivity contribution in [2.45, 2.75) is 64.4 Å². The standard InChI is InChI=1S/C15H29NO5S/c1-11(2)22(19,20)9-7-12-10-16(8-6-13(12)17)14(18)21-15(3,4)5/h11-13,17H,6-10H2,1-5H3. The fourth-order valence-electron chi connectivity index (χ4n) is 2.35. The van der Waals surface area contributed by atoms with E-state index in [0.29, 0.717) is 25.9 Å². The van der Waals surface area contributed by atoms with Crippen molar-refractivity contribution in [3.63, 3.8) is 0 Å². The van der Waals surface area contributed by atoms with Crippen LogP contribution in [0, 0.1) is 5.92 Å². The molecule has 0 spiro atoms. The van der Waals surface area contributed by atoms with E-state index in [9.17, 15) is 18.3 Å². The number of likely N-dealkylation sites (tertiary alicyclic amines) is 1. The van der Waals surface area contributed by atoms with Gasteiger partial charge in [0.15, 0.2) is 9.84 Å². The molecule has 1 heterocycles. The molecule has 1 saturated heterocycles. The predicted octanol–water partition coefficient (Wildman–Crippen LogP) is 1.82. The van der Waals surface area contributed by atoms with Gasteiger partial charge in [-0.3, -0.25) is 0 Å². The lowest BCUT2D eigenvalue weighted by Crippen LogP contribution is -2.48. The van der Waals surface area contributed by atoms with E-state index in [0.717, 1.165) is 0 Å². The van der Waals surface area contributed by atoms with Gasteiger partial charge in [0.1, 0.15) is 5.60 Å². The van der Waals surface area contributed by atoms with Crippen LogP contribution in [0.3, 0.4) is 0 Å². The first kappa shape index (κ1) is 19.2. The highest BCUT2D eigenvalue weighted by atomic mass is 32.2. The summed E-state index contributed by atoms with van der Waals surface area (Å²) in [5, 5.41) is 9.64. The highest BCUT2D eigenvalue weighted by Gasteiger charge is 2.33. The Kier molecular flexibility index (Phi) is 6.27. The number of sulfone groups is 1. The van der Waals surface area contributed by atoms with E-state index in [2.05, 4.69) is 0 Å². The number of piperidine rings is 1. The van der Waals surface area contributed by atoms with Gasteiger partial charge < -0.3 is 14.7 Å². The van der Waals surface area contributed by atoms with E-state index in [-0.39, 0.29) is 11.7 Å². The minimum atomic E-state index is -3.13. The fourth-order valence-corrected chi connectivity index (χ4v) is 3.45. The van der Waals surface area contributed by atoms with Gasteiger partial charge in [-0.05, 0) is 47.5 Å². The van der Waals surface area contributed by atoms with Gasteiger partial charge in [0.2, 0.25) is 0 Å². The average molecular weight is 335 g/mol. The van der Waals surface area contributed by atoms with Crippen molar-refractivity contribution in [1.82, 2.24) is 4.90 Å². The van der Waals surface area contributed by atoms with Crippen LogP contribution in [0.15, 0.2) is 0 Å². The normalized spacial score (nSPS) is 23.7. The Labute approximate surface area is 133 Å². The average Bonchev–Trinajstić information content (AvgIpc) is 2.35. The number of carbonyl (C=O) groups excluding carboxylic acids is 1. The second-order valence-electron chi connectivity index (χ2n) is 7.25. The largest absolute Gasteiger partial charge is 0.444 e. The maximum atomic E-state index is 12.1. The van der Waals surface area contributed by atoms with Crippen molar-refractivity contribution in [2.24, 2.45) is 5.92 Å². The Morgan fingerprint density at radius 2 is 1.95 bits per heavy atom. The maximum absolute atomic E-state index is 12.1. The number of aliphatic hydroxyl groups excluding tert-OH is 1. The second-order valence-corrected chi connectivity index (χ2v) is 9.92. The molecule has 1 rings (SSSR count). The van der Waals surface area contributed by atoms with Crippen LogP contribution in [-0.4, -0.2) is 60.3 Å². The van der Waals surface area contributed by atoms with Gasteiger partial charge in [-0.25, -0.2) is 13.2 Å². The van der Waals surface area contributed by atoms with Crippen LogP contribution in [0.2, 0.25) is 0 Å². The summed E-state index contributed by atoms with van der Waals surface area (Å²) < 4.78 is 29.1. The third-order valence-corrected chi connectivity index (χ3v) is 6.08. The first-order valence-electron chi connectivity index (χ1n) is 7.80. The second kappa shape index (κ2) is 7.17. The quantitative estimate of drug-likeness (QED) is 0.847. The number of ether oxygens (including phenoxy) is 1. The van der Waals surface area contributed by atoms with E-state index in [1.165, 1.54) is 0 Å². The van der Waals surface area contributed by atoms with E-state index in [1.54, 1.807) is 39.5 Å². The van der Waals surface area contributed by atoms with Crippen molar-refractivity contribution in [1.29, 1.82) is 0 Å². The Hall–Kier alpha value is -0.820. The zero-order chi connectivity index (χ0) is 17.1. The van der Waals surface area contributed by atoms with E-state index in [4.69, 9.17) is 4.74 Å². The summed E-state index contributed by atoms with van der Waals surface area (Å²) in [5.74, 6) is -0.191. The summed E-state index contributed by atoms with van der Waals surface area (Å²) in [4.78, 5) is 13.6. The van der Waals surface area contributed by atoms with Crippen LogP contribution in [0.25, 0.3) is 0 Å². The van der Waals surface area contributed by atoms with Crippen LogP contribution < -0.4 is 0 Å². The zero-order valence-electron chi connectivity index (χ0n) is 14.2. The molecule has 0 aromatic heterocycles. The van der Waals surface area contributed by atoms with Crippen molar-refractivity contribution >= 4 is 15.9 Å². The minimum absolute atomic E-state index is 0.0363. The first-order chi connectivity index (χ1) is 9.92. The van der Waals surface area contributed by atoms with Crippen molar-refractivity contribution in [3.05, 3.63) is 0 Å². The van der Waals surface area contributed by atoms with Crippen LogP contribution in [0.1, 0.15) is 47.5 Å². The molecule has 6 nitrogen and oxygen atoms in total. The summed E-state index contributed by atoms with van der Waals surface area (Å²) in [6.07, 6.45) is -0.163. The van der Waals surface area contributed by atoms with Crippen LogP contribution >= 0.6 is 0 Å². The van der Waals surface area contributed by atoms with Gasteiger partial charge in [0.25, 0.3) is 0 Å². The van der Waals surface area contributed by atoms with Crippen LogP contribution in [0.4, 0.5) is 4.79 Å². The molecule has 7 heteroatoms. The number of amides is 1. The molecule has 1 fully saturated rings. The van der Waals surface area contributed by atoms with Crippen LogP contribution in [0.5, 0.6) is 0 Å². The van der Waals surface area contributed by atoms with Gasteiger partial charge >= 0.3 is 6.09 Å². The monoisotopic (exact) mass is 335 g/mol. The van der Waals surface area contributed by atoms with Gasteiger partial charge in [-0.2, -0.15) is 0 Å². The summed E-state index contributed by atoms with van der Waals surface area (Å²) in [6.45, 7) is 9.48. The number of hydrogen-bond acceptors (Lipinski definition) is 5. The molecule has 2 atom stereocenters. The Balaban J connectivity index is 2.62. The van der Waals surface area contributed by atoms with E-state index >= 15 is 0 Å². The molecule has 0 aromatic rings. The molecule has 0 saturated carbocycles. The number of rotatable bonds is 4. The minimum Gasteiger partial charge on any atom is -0.444 e. The molecular weight excluding hydrogens is 306 g/mol. The molecule has 1 aliphatic heterocycles. The van der Waals surface area contributed by atoms with E-state index in [1.807, 2.05) is 0 Å². The number of aliphatic hydroxyl groups is 1. The molecule has 1 N–H and O–H groups in total. The third kappa shape index (κ3) is 5.76. The molecule has 0 aliphatic carbocycles. The number of nitrogens with zero attached hydrogens (tertiary/aromatic N) is 1. The Morgan fingerprint density at radius 3 is 2.45 bits per heavy atom. The third-order valence-electron chi connectivity index (χ3n) is 3.84. The Morgan fingerprint density at radius 1 is 1.36 bits per heavy atom. The molecule has 0 aromatic carbocycles. The molecule has 130 valence electrons. The highest BCUT2D eigenvalue weighted by Crippen LogP contribution is 2.23. The summed E-state index contributed by atoms with van der Waals surface area (Å²) in [6, 6.07) is 0. The fraction of sp³-hybridized carbons (Fsp3) is 0.933. The molecule has 22 heavy (non-hydrogen) atoms. The van der Waals surface area contributed by atoms with Gasteiger partial charge in [0.05, 0.1) is 17.1 Å². The highest BCUT2D eigenvalue weighted by molar-refractivity contribution is 7.91. The molecule has 1 aliphatic rings. The van der Waals surface area contributed by atoms with Gasteiger partial charge in [-0.1, -0.05) is 0 Å². The number of carbonyl (C=O) groups is 1. The van der Waals surface area contributed by atoms with Crippen molar-refractivity contribution in [2.75, 3.05) is 18.8 Å². The zero-order valence-corrected chi connectivity index (χ0v) is 15.0. The lowest BCUT2D eigenvalue weighted by Gasteiger charge is -2.37. The Bertz CT molecular complexity index is 481.